The average Bonchev–Trinajstić information content (AvgIpc) is 2.41. The Balaban J connectivity index is 2.47. The molecule has 2 rings (SSSR count). The maximum Gasteiger partial charge on any atom is 0.322 e. The molecule has 110 valence electrons. The highest BCUT2D eigenvalue weighted by Gasteiger charge is 2.38. The fourth-order valence-electron chi connectivity index (χ4n) is 2.42. The Kier molecular flexibility index (Phi) is 4.36. The van der Waals surface area contributed by atoms with Crippen molar-refractivity contribution in [2.45, 2.75) is 37.1 Å². The molecule has 0 aliphatic carbocycles. The van der Waals surface area contributed by atoms with Gasteiger partial charge >= 0.3 is 5.97 Å². The SMILES string of the molecule is Cc1ccc(Cl)cc1S(=O)(=O)N1CCCCC1C(=O)O. The predicted octanol–water partition coefficient (Wildman–Crippen LogP) is 2.28. The van der Waals surface area contributed by atoms with Gasteiger partial charge in [0.2, 0.25) is 10.0 Å². The molecule has 1 aromatic carbocycles. The molecule has 0 bridgehead atoms. The zero-order valence-electron chi connectivity index (χ0n) is 11.0. The summed E-state index contributed by atoms with van der Waals surface area (Å²) in [6.45, 7) is 1.90. The number of piperidine rings is 1. The first-order chi connectivity index (χ1) is 9.34. The van der Waals surface area contributed by atoms with Gasteiger partial charge in [0.05, 0.1) is 4.90 Å². The number of nitrogens with zero attached hydrogens (tertiary/aromatic N) is 1. The molecular weight excluding hydrogens is 302 g/mol. The molecule has 5 nitrogen and oxygen atoms in total. The van der Waals surface area contributed by atoms with Gasteiger partial charge in [0.15, 0.2) is 0 Å². The highest BCUT2D eigenvalue weighted by atomic mass is 35.5. The molecule has 0 aromatic heterocycles. The maximum absolute atomic E-state index is 12.7. The second-order valence-electron chi connectivity index (χ2n) is 4.88. The monoisotopic (exact) mass is 317 g/mol. The third-order valence-electron chi connectivity index (χ3n) is 3.48. The van der Waals surface area contributed by atoms with Crippen LogP contribution in [0.4, 0.5) is 0 Å². The summed E-state index contributed by atoms with van der Waals surface area (Å²) in [6, 6.07) is 3.61. The van der Waals surface area contributed by atoms with Crippen molar-refractivity contribution in [1.82, 2.24) is 4.31 Å². The number of halogens is 1. The van der Waals surface area contributed by atoms with Crippen molar-refractivity contribution in [2.24, 2.45) is 0 Å². The minimum absolute atomic E-state index is 0.0816. The number of sulfonamides is 1. The molecular formula is C13H16ClNO4S. The molecule has 0 spiro atoms. The van der Waals surface area contributed by atoms with Crippen LogP contribution >= 0.6 is 11.6 Å². The molecule has 1 heterocycles. The largest absolute Gasteiger partial charge is 0.480 e. The van der Waals surface area contributed by atoms with Crippen LogP contribution in [0.15, 0.2) is 23.1 Å². The van der Waals surface area contributed by atoms with Crippen LogP contribution in [0.25, 0.3) is 0 Å². The number of aryl methyl sites for hydroxylation is 1. The summed E-state index contributed by atoms with van der Waals surface area (Å²) in [5.41, 5.74) is 0.559. The Morgan fingerprint density at radius 3 is 2.75 bits per heavy atom. The Hall–Kier alpha value is -1.11. The third-order valence-corrected chi connectivity index (χ3v) is 5.76. The topological polar surface area (TPSA) is 74.7 Å². The summed E-state index contributed by atoms with van der Waals surface area (Å²) < 4.78 is 26.4. The molecule has 1 N–H and O–H groups in total. The number of rotatable bonds is 3. The van der Waals surface area contributed by atoms with Crippen molar-refractivity contribution in [3.05, 3.63) is 28.8 Å². The molecule has 0 amide bonds. The quantitative estimate of drug-likeness (QED) is 0.928. The van der Waals surface area contributed by atoms with Gasteiger partial charge in [-0.3, -0.25) is 4.79 Å². The summed E-state index contributed by atoms with van der Waals surface area (Å²) in [5.74, 6) is -1.10. The van der Waals surface area contributed by atoms with Crippen molar-refractivity contribution in [1.29, 1.82) is 0 Å². The van der Waals surface area contributed by atoms with E-state index in [1.54, 1.807) is 19.1 Å². The molecule has 1 saturated heterocycles. The van der Waals surface area contributed by atoms with Crippen molar-refractivity contribution in [2.75, 3.05) is 6.54 Å². The van der Waals surface area contributed by atoms with Gasteiger partial charge in [0.25, 0.3) is 0 Å². The lowest BCUT2D eigenvalue weighted by atomic mass is 10.1. The molecule has 20 heavy (non-hydrogen) atoms. The van der Waals surface area contributed by atoms with E-state index in [-0.39, 0.29) is 11.4 Å². The number of carbonyl (C=O) groups is 1. The highest BCUT2D eigenvalue weighted by Crippen LogP contribution is 2.28. The summed E-state index contributed by atoms with van der Waals surface area (Å²) in [7, 11) is -3.84. The van der Waals surface area contributed by atoms with Crippen molar-refractivity contribution >= 4 is 27.6 Å². The van der Waals surface area contributed by atoms with Crippen molar-refractivity contribution in [3.8, 4) is 0 Å². The molecule has 1 aromatic rings. The smallest absolute Gasteiger partial charge is 0.322 e. The van der Waals surface area contributed by atoms with Gasteiger partial charge in [-0.1, -0.05) is 17.7 Å². The standard InChI is InChI=1S/C13H16ClNO4S/c1-9-5-6-10(14)8-12(9)20(18,19)15-7-3-2-4-11(15)13(16)17/h5-6,8,11H,2-4,7H2,1H3,(H,16,17). The fraction of sp³-hybridized carbons (Fsp3) is 0.462. The first-order valence-electron chi connectivity index (χ1n) is 6.35. The van der Waals surface area contributed by atoms with Crippen LogP contribution in [-0.2, 0) is 14.8 Å². The van der Waals surface area contributed by atoms with Crippen LogP contribution in [0, 0.1) is 6.92 Å². The minimum atomic E-state index is -3.84. The number of hydrogen-bond acceptors (Lipinski definition) is 3. The summed E-state index contributed by atoms with van der Waals surface area (Å²) in [5, 5.41) is 9.53. The first kappa shape index (κ1) is 15.3. The van der Waals surface area contributed by atoms with Crippen molar-refractivity contribution < 1.29 is 18.3 Å². The molecule has 7 heteroatoms. The van der Waals surface area contributed by atoms with E-state index in [9.17, 15) is 18.3 Å². The van der Waals surface area contributed by atoms with Gasteiger partial charge in [-0.05, 0) is 43.9 Å². The van der Waals surface area contributed by atoms with Crippen LogP contribution in [0.2, 0.25) is 5.02 Å². The zero-order chi connectivity index (χ0) is 14.9. The minimum Gasteiger partial charge on any atom is -0.480 e. The van der Waals surface area contributed by atoms with E-state index in [0.717, 1.165) is 10.7 Å². The molecule has 1 aliphatic rings. The molecule has 1 atom stereocenters. The van der Waals surface area contributed by atoms with Crippen LogP contribution in [0.5, 0.6) is 0 Å². The first-order valence-corrected chi connectivity index (χ1v) is 8.16. The average molecular weight is 318 g/mol. The number of carboxylic acid groups (broad SMARTS) is 1. The predicted molar refractivity (Wildman–Crippen MR) is 75.4 cm³/mol. The maximum atomic E-state index is 12.7. The molecule has 0 saturated carbocycles. The third kappa shape index (κ3) is 2.82. The van der Waals surface area contributed by atoms with E-state index in [4.69, 9.17) is 11.6 Å². The van der Waals surface area contributed by atoms with Crippen LogP contribution < -0.4 is 0 Å². The van der Waals surface area contributed by atoms with Gasteiger partial charge in [0, 0.05) is 11.6 Å². The number of aliphatic carboxylic acids is 1. The van der Waals surface area contributed by atoms with Gasteiger partial charge in [-0.25, -0.2) is 8.42 Å². The molecule has 1 aliphatic heterocycles. The van der Waals surface area contributed by atoms with E-state index in [2.05, 4.69) is 0 Å². The number of hydrogen-bond donors (Lipinski definition) is 1. The van der Waals surface area contributed by atoms with Crippen molar-refractivity contribution in [3.63, 3.8) is 0 Å². The van der Waals surface area contributed by atoms with E-state index < -0.39 is 22.0 Å². The highest BCUT2D eigenvalue weighted by molar-refractivity contribution is 7.89. The second kappa shape index (κ2) is 5.71. The Morgan fingerprint density at radius 2 is 2.10 bits per heavy atom. The second-order valence-corrected chi connectivity index (χ2v) is 7.17. The molecule has 1 fully saturated rings. The van der Waals surface area contributed by atoms with Gasteiger partial charge < -0.3 is 5.11 Å². The van der Waals surface area contributed by atoms with Crippen LogP contribution in [0.1, 0.15) is 24.8 Å². The number of carboxylic acids is 1. The lowest BCUT2D eigenvalue weighted by Gasteiger charge is -2.32. The van der Waals surface area contributed by atoms with E-state index in [0.29, 0.717) is 23.4 Å². The Labute approximate surface area is 123 Å². The molecule has 0 radical (unpaired) electrons. The van der Waals surface area contributed by atoms with E-state index >= 15 is 0 Å². The summed E-state index contributed by atoms with van der Waals surface area (Å²) in [6.07, 6.45) is 1.73. The van der Waals surface area contributed by atoms with Crippen LogP contribution in [0.3, 0.4) is 0 Å². The lowest BCUT2D eigenvalue weighted by molar-refractivity contribution is -0.142. The van der Waals surface area contributed by atoms with Crippen LogP contribution in [-0.4, -0.2) is 36.4 Å². The summed E-state index contributed by atoms with van der Waals surface area (Å²) >= 11 is 5.86. The van der Waals surface area contributed by atoms with Gasteiger partial charge in [-0.15, -0.1) is 0 Å². The Morgan fingerprint density at radius 1 is 1.40 bits per heavy atom. The van der Waals surface area contributed by atoms with Gasteiger partial charge in [0.1, 0.15) is 6.04 Å². The normalized spacial score (nSPS) is 20.8. The zero-order valence-corrected chi connectivity index (χ0v) is 12.6. The van der Waals surface area contributed by atoms with E-state index in [1.807, 2.05) is 0 Å². The molecule has 1 unspecified atom stereocenters. The summed E-state index contributed by atoms with van der Waals surface area (Å²) in [4.78, 5) is 11.3. The Bertz CT molecular complexity index is 629. The lowest BCUT2D eigenvalue weighted by Crippen LogP contribution is -2.47. The number of benzene rings is 1. The fourth-order valence-corrected chi connectivity index (χ4v) is 4.56. The van der Waals surface area contributed by atoms with E-state index in [1.165, 1.54) is 6.07 Å². The van der Waals surface area contributed by atoms with Gasteiger partial charge in [-0.2, -0.15) is 4.31 Å².